The summed E-state index contributed by atoms with van der Waals surface area (Å²) in [6, 6.07) is 5.64. The minimum Gasteiger partial charge on any atom is -0.508 e. The summed E-state index contributed by atoms with van der Waals surface area (Å²) < 4.78 is 5.36. The fourth-order valence-electron chi connectivity index (χ4n) is 2.42. The third kappa shape index (κ3) is 3.36. The van der Waals surface area contributed by atoms with Crippen molar-refractivity contribution < 1.29 is 24.5 Å². The van der Waals surface area contributed by atoms with Crippen LogP contribution in [0.1, 0.15) is 37.6 Å². The van der Waals surface area contributed by atoms with Crippen molar-refractivity contribution in [2.24, 2.45) is 5.41 Å². The second-order valence-electron chi connectivity index (χ2n) is 6.30. The zero-order chi connectivity index (χ0) is 16.5. The number of esters is 1. The molecule has 5 nitrogen and oxygen atoms in total. The molecular formula is C17H20O5. The van der Waals surface area contributed by atoms with Crippen molar-refractivity contribution in [1.82, 2.24) is 0 Å². The van der Waals surface area contributed by atoms with Crippen LogP contribution in [0.25, 0.3) is 0 Å². The van der Waals surface area contributed by atoms with Crippen LogP contribution < -0.4 is 0 Å². The van der Waals surface area contributed by atoms with Crippen LogP contribution >= 0.6 is 0 Å². The molecule has 0 spiro atoms. The number of rotatable bonds is 2. The summed E-state index contributed by atoms with van der Waals surface area (Å²) >= 11 is 0. The first-order valence-electron chi connectivity index (χ1n) is 7.10. The number of ether oxygens (including phenoxy) is 1. The summed E-state index contributed by atoms with van der Waals surface area (Å²) in [6.45, 7) is 5.19. The maximum Gasteiger partial charge on any atom is 0.338 e. The first-order valence-corrected chi connectivity index (χ1v) is 7.10. The van der Waals surface area contributed by atoms with Gasteiger partial charge in [-0.15, -0.1) is 0 Å². The Hall–Kier alpha value is -2.14. The smallest absolute Gasteiger partial charge is 0.338 e. The molecular weight excluding hydrogens is 284 g/mol. The molecule has 0 aromatic heterocycles. The second-order valence-corrected chi connectivity index (χ2v) is 6.30. The lowest BCUT2D eigenvalue weighted by Gasteiger charge is -2.32. The Morgan fingerprint density at radius 2 is 1.86 bits per heavy atom. The van der Waals surface area contributed by atoms with Crippen molar-refractivity contribution >= 4 is 11.8 Å². The standard InChI is InChI=1S/C17H20O5/c1-10-8-14(15(20)17(2,3)9-13(10)19)22-16(21)11-4-6-12(18)7-5-11/h4-8,14-15,18,20H,9H2,1-3H3. The third-order valence-electron chi connectivity index (χ3n) is 3.93. The van der Waals surface area contributed by atoms with E-state index in [1.165, 1.54) is 30.3 Å². The van der Waals surface area contributed by atoms with Crippen molar-refractivity contribution in [1.29, 1.82) is 0 Å². The molecule has 2 unspecified atom stereocenters. The molecule has 0 radical (unpaired) electrons. The highest BCUT2D eigenvalue weighted by atomic mass is 16.6. The van der Waals surface area contributed by atoms with Gasteiger partial charge in [-0.05, 0) is 42.8 Å². The van der Waals surface area contributed by atoms with Crippen molar-refractivity contribution in [3.63, 3.8) is 0 Å². The van der Waals surface area contributed by atoms with Crippen LogP contribution in [0, 0.1) is 5.41 Å². The number of allylic oxidation sites excluding steroid dienone is 1. The first kappa shape index (κ1) is 16.2. The highest BCUT2D eigenvalue weighted by Crippen LogP contribution is 2.34. The van der Waals surface area contributed by atoms with E-state index in [1.54, 1.807) is 20.8 Å². The molecule has 1 aromatic rings. The molecule has 118 valence electrons. The zero-order valence-electron chi connectivity index (χ0n) is 12.9. The van der Waals surface area contributed by atoms with E-state index < -0.39 is 23.6 Å². The molecule has 0 amide bonds. The summed E-state index contributed by atoms with van der Waals surface area (Å²) in [4.78, 5) is 24.1. The number of aliphatic hydroxyl groups is 1. The highest BCUT2D eigenvalue weighted by Gasteiger charge is 2.40. The average molecular weight is 304 g/mol. The van der Waals surface area contributed by atoms with Gasteiger partial charge in [0.2, 0.25) is 0 Å². The Bertz CT molecular complexity index is 612. The van der Waals surface area contributed by atoms with Crippen LogP contribution in [0.2, 0.25) is 0 Å². The van der Waals surface area contributed by atoms with Crippen molar-refractivity contribution in [3.8, 4) is 5.75 Å². The summed E-state index contributed by atoms with van der Waals surface area (Å²) in [7, 11) is 0. The van der Waals surface area contributed by atoms with Gasteiger partial charge in [0.15, 0.2) is 5.78 Å². The van der Waals surface area contributed by atoms with Crippen LogP contribution in [0.3, 0.4) is 0 Å². The van der Waals surface area contributed by atoms with E-state index in [9.17, 15) is 19.8 Å². The van der Waals surface area contributed by atoms with Crippen molar-refractivity contribution in [2.45, 2.75) is 39.4 Å². The quantitative estimate of drug-likeness (QED) is 0.819. The molecule has 0 saturated heterocycles. The summed E-state index contributed by atoms with van der Waals surface area (Å²) in [5.74, 6) is -0.626. The summed E-state index contributed by atoms with van der Waals surface area (Å²) in [5, 5.41) is 19.7. The van der Waals surface area contributed by atoms with Crippen LogP contribution in [-0.2, 0) is 9.53 Å². The van der Waals surface area contributed by atoms with Gasteiger partial charge >= 0.3 is 5.97 Å². The minimum atomic E-state index is -0.977. The molecule has 0 bridgehead atoms. The number of aliphatic hydroxyl groups excluding tert-OH is 1. The minimum absolute atomic E-state index is 0.0496. The summed E-state index contributed by atoms with van der Waals surface area (Å²) in [5.41, 5.74) is 0.0585. The molecule has 5 heteroatoms. The molecule has 2 rings (SSSR count). The number of carbonyl (C=O) groups is 2. The Balaban J connectivity index is 2.23. The largest absolute Gasteiger partial charge is 0.508 e. The number of hydrogen-bond donors (Lipinski definition) is 2. The van der Waals surface area contributed by atoms with Crippen molar-refractivity contribution in [2.75, 3.05) is 0 Å². The van der Waals surface area contributed by atoms with Gasteiger partial charge in [0.1, 0.15) is 18.0 Å². The Morgan fingerprint density at radius 1 is 1.27 bits per heavy atom. The van der Waals surface area contributed by atoms with Crippen molar-refractivity contribution in [3.05, 3.63) is 41.5 Å². The second kappa shape index (κ2) is 5.93. The summed E-state index contributed by atoms with van der Waals surface area (Å²) in [6.07, 6.45) is -0.165. The maximum atomic E-state index is 12.2. The number of benzene rings is 1. The number of aromatic hydroxyl groups is 1. The average Bonchev–Trinajstić information content (AvgIpc) is 2.51. The number of Topliss-reactive ketones (excluding diaryl/α,β-unsaturated/α-hetero) is 1. The number of carbonyl (C=O) groups excluding carboxylic acids is 2. The first-order chi connectivity index (χ1) is 10.2. The molecule has 2 N–H and O–H groups in total. The van der Waals surface area contributed by atoms with Gasteiger partial charge in [0.25, 0.3) is 0 Å². The molecule has 22 heavy (non-hydrogen) atoms. The number of phenols is 1. The molecule has 1 aromatic carbocycles. The molecule has 1 aliphatic rings. The lowest BCUT2D eigenvalue weighted by Crippen LogP contribution is -2.40. The van der Waals surface area contributed by atoms with E-state index in [4.69, 9.17) is 4.74 Å². The van der Waals surface area contributed by atoms with E-state index >= 15 is 0 Å². The van der Waals surface area contributed by atoms with Crippen LogP contribution in [0.5, 0.6) is 5.75 Å². The fraction of sp³-hybridized carbons (Fsp3) is 0.412. The Kier molecular flexibility index (Phi) is 4.37. The third-order valence-corrected chi connectivity index (χ3v) is 3.93. The van der Waals surface area contributed by atoms with Gasteiger partial charge in [-0.3, -0.25) is 4.79 Å². The van der Waals surface area contributed by atoms with Crippen LogP contribution in [-0.4, -0.2) is 34.2 Å². The van der Waals surface area contributed by atoms with Gasteiger partial charge in [-0.1, -0.05) is 13.8 Å². The van der Waals surface area contributed by atoms with E-state index in [-0.39, 0.29) is 23.5 Å². The Morgan fingerprint density at radius 3 is 2.45 bits per heavy atom. The molecule has 0 aliphatic heterocycles. The fourth-order valence-corrected chi connectivity index (χ4v) is 2.42. The maximum absolute atomic E-state index is 12.2. The van der Waals surface area contributed by atoms with Crippen LogP contribution in [0.15, 0.2) is 35.9 Å². The molecule has 2 atom stereocenters. The predicted molar refractivity (Wildman–Crippen MR) is 80.5 cm³/mol. The molecule has 0 saturated carbocycles. The van der Waals surface area contributed by atoms with Gasteiger partial charge < -0.3 is 14.9 Å². The number of hydrogen-bond acceptors (Lipinski definition) is 5. The highest BCUT2D eigenvalue weighted by molar-refractivity contribution is 5.96. The monoisotopic (exact) mass is 304 g/mol. The molecule has 0 fully saturated rings. The zero-order valence-corrected chi connectivity index (χ0v) is 12.9. The van der Waals surface area contributed by atoms with E-state index in [0.717, 1.165) is 0 Å². The molecule has 1 aliphatic carbocycles. The lowest BCUT2D eigenvalue weighted by atomic mass is 9.80. The van der Waals surface area contributed by atoms with Gasteiger partial charge in [0.05, 0.1) is 5.56 Å². The lowest BCUT2D eigenvalue weighted by molar-refractivity contribution is -0.119. The number of phenolic OH excluding ortho intramolecular Hbond substituents is 1. The number of ketones is 1. The topological polar surface area (TPSA) is 83.8 Å². The van der Waals surface area contributed by atoms with Gasteiger partial charge in [-0.2, -0.15) is 0 Å². The van der Waals surface area contributed by atoms with E-state index in [0.29, 0.717) is 5.57 Å². The van der Waals surface area contributed by atoms with Gasteiger partial charge in [0, 0.05) is 11.8 Å². The van der Waals surface area contributed by atoms with Crippen LogP contribution in [0.4, 0.5) is 0 Å². The predicted octanol–water partition coefficient (Wildman–Crippen LogP) is 2.22. The van der Waals surface area contributed by atoms with E-state index in [2.05, 4.69) is 0 Å². The normalized spacial score (nSPS) is 24.4. The Labute approximate surface area is 129 Å². The molecule has 0 heterocycles. The SMILES string of the molecule is CC1=CC(OC(=O)c2ccc(O)cc2)C(O)C(C)(C)CC1=O. The van der Waals surface area contributed by atoms with E-state index in [1.807, 2.05) is 0 Å². The van der Waals surface area contributed by atoms with Gasteiger partial charge in [-0.25, -0.2) is 4.79 Å².